The average Bonchev–Trinajstić information content (AvgIpc) is 2.86. The van der Waals surface area contributed by atoms with Crippen molar-refractivity contribution in [3.63, 3.8) is 0 Å². The van der Waals surface area contributed by atoms with E-state index in [4.69, 9.17) is 0 Å². The van der Waals surface area contributed by atoms with Crippen molar-refractivity contribution in [3.8, 4) is 23.7 Å². The van der Waals surface area contributed by atoms with Gasteiger partial charge in [-0.15, -0.1) is 0 Å². The molecule has 0 saturated heterocycles. The molecule has 0 saturated carbocycles. The Labute approximate surface area is 205 Å². The lowest BCUT2D eigenvalue weighted by atomic mass is 10.00. The molecule has 0 nitrogen and oxygen atoms in total. The van der Waals surface area contributed by atoms with Crippen LogP contribution in [0.15, 0.2) is 60.7 Å². The largest absolute Gasteiger partial charge is 0.205 e. The van der Waals surface area contributed by atoms with Crippen LogP contribution >= 0.6 is 0 Å². The van der Waals surface area contributed by atoms with E-state index >= 15 is 4.39 Å². The van der Waals surface area contributed by atoms with Crippen LogP contribution in [0.3, 0.4) is 0 Å². The van der Waals surface area contributed by atoms with Gasteiger partial charge in [-0.1, -0.05) is 94.4 Å². The van der Waals surface area contributed by atoms with Gasteiger partial charge in [0.15, 0.2) is 0 Å². The van der Waals surface area contributed by atoms with Crippen LogP contribution in [0.2, 0.25) is 0 Å². The van der Waals surface area contributed by atoms with Gasteiger partial charge >= 0.3 is 0 Å². The summed E-state index contributed by atoms with van der Waals surface area (Å²) in [5, 5.41) is 0. The fourth-order valence-corrected chi connectivity index (χ4v) is 4.01. The molecule has 0 aliphatic carbocycles. The Morgan fingerprint density at radius 3 is 1.68 bits per heavy atom. The van der Waals surface area contributed by atoms with E-state index in [2.05, 4.69) is 61.8 Å². The lowest BCUT2D eigenvalue weighted by Crippen LogP contribution is -1.97. The smallest absolute Gasteiger partial charge is 0.143 e. The first-order valence-electron chi connectivity index (χ1n) is 12.7. The molecule has 0 amide bonds. The molecule has 0 aliphatic rings. The summed E-state index contributed by atoms with van der Waals surface area (Å²) in [5.74, 6) is 12.2. The van der Waals surface area contributed by atoms with Gasteiger partial charge in [0.05, 0.1) is 5.56 Å². The van der Waals surface area contributed by atoms with E-state index in [0.29, 0.717) is 17.5 Å². The standard InChI is InChI=1S/C33H35F/c1-4-7-8-9-11-27-14-18-29(19-15-27)21-23-31-25-24-30(32(6-3)33(31)34)22-20-28-16-12-26(10-5-2)13-17-28/h12-19,24-25H,4-11H2,1-3H3. The van der Waals surface area contributed by atoms with E-state index in [1.54, 1.807) is 6.07 Å². The zero-order valence-electron chi connectivity index (χ0n) is 20.8. The van der Waals surface area contributed by atoms with Crippen molar-refractivity contribution < 1.29 is 4.39 Å². The average molecular weight is 451 g/mol. The van der Waals surface area contributed by atoms with E-state index in [-0.39, 0.29) is 5.82 Å². The monoisotopic (exact) mass is 450 g/mol. The molecule has 0 radical (unpaired) electrons. The summed E-state index contributed by atoms with van der Waals surface area (Å²) < 4.78 is 15.2. The molecule has 174 valence electrons. The van der Waals surface area contributed by atoms with Gasteiger partial charge in [0, 0.05) is 22.3 Å². The number of hydrogen-bond donors (Lipinski definition) is 0. The summed E-state index contributed by atoms with van der Waals surface area (Å²) in [7, 11) is 0. The summed E-state index contributed by atoms with van der Waals surface area (Å²) in [4.78, 5) is 0. The zero-order valence-corrected chi connectivity index (χ0v) is 20.8. The Balaban J connectivity index is 1.73. The Kier molecular flexibility index (Phi) is 10.0. The van der Waals surface area contributed by atoms with Crippen LogP contribution in [0.5, 0.6) is 0 Å². The van der Waals surface area contributed by atoms with Crippen LogP contribution in [0, 0.1) is 29.5 Å². The molecule has 3 aromatic rings. The predicted molar refractivity (Wildman–Crippen MR) is 142 cm³/mol. The van der Waals surface area contributed by atoms with Crippen molar-refractivity contribution in [1.82, 2.24) is 0 Å². The minimum absolute atomic E-state index is 0.257. The Bertz CT molecular complexity index is 1180. The Morgan fingerprint density at radius 1 is 0.559 bits per heavy atom. The van der Waals surface area contributed by atoms with Gasteiger partial charge in [0.2, 0.25) is 0 Å². The van der Waals surface area contributed by atoms with Crippen molar-refractivity contribution in [2.24, 2.45) is 0 Å². The Morgan fingerprint density at radius 2 is 1.12 bits per heavy atom. The fourth-order valence-electron chi connectivity index (χ4n) is 4.01. The van der Waals surface area contributed by atoms with E-state index in [9.17, 15) is 0 Å². The van der Waals surface area contributed by atoms with Crippen molar-refractivity contribution in [3.05, 3.63) is 105 Å². The molecule has 0 fully saturated rings. The van der Waals surface area contributed by atoms with Gasteiger partial charge in [0.1, 0.15) is 5.82 Å². The minimum Gasteiger partial charge on any atom is -0.205 e. The summed E-state index contributed by atoms with van der Waals surface area (Å²) in [5.41, 5.74) is 6.29. The molecule has 0 aromatic heterocycles. The second-order valence-corrected chi connectivity index (χ2v) is 8.76. The molecular weight excluding hydrogens is 415 g/mol. The van der Waals surface area contributed by atoms with E-state index in [1.807, 2.05) is 37.3 Å². The number of benzene rings is 3. The van der Waals surface area contributed by atoms with Gasteiger partial charge in [-0.3, -0.25) is 0 Å². The molecule has 0 spiro atoms. The van der Waals surface area contributed by atoms with Gasteiger partial charge in [0.25, 0.3) is 0 Å². The first-order valence-corrected chi connectivity index (χ1v) is 12.7. The molecule has 0 atom stereocenters. The highest BCUT2D eigenvalue weighted by atomic mass is 19.1. The van der Waals surface area contributed by atoms with Gasteiger partial charge in [-0.25, -0.2) is 4.39 Å². The third-order valence-corrected chi connectivity index (χ3v) is 6.05. The third kappa shape index (κ3) is 7.37. The van der Waals surface area contributed by atoms with Crippen LogP contribution in [-0.4, -0.2) is 0 Å². The Hall–Kier alpha value is -3.29. The second-order valence-electron chi connectivity index (χ2n) is 8.76. The number of unbranched alkanes of at least 4 members (excludes halogenated alkanes) is 3. The van der Waals surface area contributed by atoms with Crippen molar-refractivity contribution in [1.29, 1.82) is 0 Å². The van der Waals surface area contributed by atoms with Crippen LogP contribution in [0.25, 0.3) is 0 Å². The van der Waals surface area contributed by atoms with E-state index < -0.39 is 0 Å². The maximum Gasteiger partial charge on any atom is 0.143 e. The lowest BCUT2D eigenvalue weighted by molar-refractivity contribution is 0.608. The molecule has 0 aliphatic heterocycles. The molecule has 1 heteroatoms. The highest BCUT2D eigenvalue weighted by Crippen LogP contribution is 2.18. The molecule has 0 N–H and O–H groups in total. The van der Waals surface area contributed by atoms with Gasteiger partial charge in [-0.05, 0) is 73.2 Å². The van der Waals surface area contributed by atoms with Crippen molar-refractivity contribution in [2.45, 2.75) is 72.1 Å². The van der Waals surface area contributed by atoms with Gasteiger partial charge in [-0.2, -0.15) is 0 Å². The maximum atomic E-state index is 15.2. The number of halogens is 1. The zero-order chi connectivity index (χ0) is 24.2. The molecule has 34 heavy (non-hydrogen) atoms. The van der Waals surface area contributed by atoms with Crippen LogP contribution in [0.4, 0.5) is 4.39 Å². The summed E-state index contributed by atoms with van der Waals surface area (Å²) in [6.07, 6.45) is 8.94. The molecule has 0 unspecified atom stereocenters. The van der Waals surface area contributed by atoms with Crippen LogP contribution in [0.1, 0.15) is 91.8 Å². The van der Waals surface area contributed by atoms with Crippen molar-refractivity contribution >= 4 is 0 Å². The van der Waals surface area contributed by atoms with Crippen LogP contribution in [-0.2, 0) is 19.3 Å². The molecule has 0 bridgehead atoms. The molecule has 0 heterocycles. The predicted octanol–water partition coefficient (Wildman–Crippen LogP) is 8.26. The number of hydrogen-bond acceptors (Lipinski definition) is 0. The van der Waals surface area contributed by atoms with E-state index in [1.165, 1.54) is 36.8 Å². The summed E-state index contributed by atoms with van der Waals surface area (Å²) in [6, 6.07) is 20.3. The highest BCUT2D eigenvalue weighted by Gasteiger charge is 2.09. The summed E-state index contributed by atoms with van der Waals surface area (Å²) >= 11 is 0. The number of rotatable bonds is 8. The van der Waals surface area contributed by atoms with Crippen molar-refractivity contribution in [2.75, 3.05) is 0 Å². The highest BCUT2D eigenvalue weighted by molar-refractivity contribution is 5.53. The quantitative estimate of drug-likeness (QED) is 0.239. The molecular formula is C33H35F. The normalized spacial score (nSPS) is 10.2. The minimum atomic E-state index is -0.257. The van der Waals surface area contributed by atoms with E-state index in [0.717, 1.165) is 36.0 Å². The first kappa shape index (κ1) is 25.3. The third-order valence-electron chi connectivity index (χ3n) is 6.05. The second kappa shape index (κ2) is 13.4. The summed E-state index contributed by atoms with van der Waals surface area (Å²) in [6.45, 7) is 6.36. The van der Waals surface area contributed by atoms with Gasteiger partial charge < -0.3 is 0 Å². The number of aryl methyl sites for hydroxylation is 2. The lowest BCUT2D eigenvalue weighted by Gasteiger charge is -2.05. The topological polar surface area (TPSA) is 0 Å². The fraction of sp³-hybridized carbons (Fsp3) is 0.333. The van der Waals surface area contributed by atoms with Crippen LogP contribution < -0.4 is 0 Å². The first-order chi connectivity index (χ1) is 16.6. The molecule has 3 aromatic carbocycles. The SMILES string of the molecule is CCCCCCc1ccc(C#Cc2ccc(C#Cc3ccc(CCC)cc3)c(CC)c2F)cc1. The maximum absolute atomic E-state index is 15.2. The molecule has 3 rings (SSSR count).